The van der Waals surface area contributed by atoms with Gasteiger partial charge in [0.15, 0.2) is 0 Å². The van der Waals surface area contributed by atoms with Crippen LogP contribution >= 0.6 is 0 Å². The molecule has 2 aliphatic carbocycles. The van der Waals surface area contributed by atoms with Crippen LogP contribution in [-0.4, -0.2) is 12.1 Å². The van der Waals surface area contributed by atoms with Crippen molar-refractivity contribution in [1.29, 1.82) is 5.26 Å². The van der Waals surface area contributed by atoms with Crippen LogP contribution < -0.4 is 5.32 Å². The Balaban J connectivity index is 1.64. The van der Waals surface area contributed by atoms with Crippen molar-refractivity contribution in [3.8, 4) is 6.07 Å². The molecule has 2 heteroatoms. The molecule has 2 atom stereocenters. The molecule has 2 unspecified atom stereocenters. The average molecular weight is 254 g/mol. The van der Waals surface area contributed by atoms with Crippen LogP contribution in [0.15, 0.2) is 24.3 Å². The SMILES string of the molecule is N#CC1CCCCCC1NC1Cc2ccccc2C1. The van der Waals surface area contributed by atoms with Crippen molar-refractivity contribution in [3.63, 3.8) is 0 Å². The van der Waals surface area contributed by atoms with Crippen LogP contribution in [0.1, 0.15) is 43.2 Å². The lowest BCUT2D eigenvalue weighted by molar-refractivity contribution is 0.352. The molecule has 2 aliphatic rings. The predicted octanol–water partition coefficient (Wildman–Crippen LogP) is 3.22. The molecule has 1 aromatic carbocycles. The molecular formula is C17H22N2. The fraction of sp³-hybridized carbons (Fsp3) is 0.588. The molecule has 0 radical (unpaired) electrons. The van der Waals surface area contributed by atoms with E-state index in [1.54, 1.807) is 0 Å². The van der Waals surface area contributed by atoms with Crippen molar-refractivity contribution in [3.05, 3.63) is 35.4 Å². The minimum absolute atomic E-state index is 0.214. The zero-order valence-corrected chi connectivity index (χ0v) is 11.4. The van der Waals surface area contributed by atoms with E-state index in [-0.39, 0.29) is 5.92 Å². The van der Waals surface area contributed by atoms with E-state index in [4.69, 9.17) is 0 Å². The highest BCUT2D eigenvalue weighted by Crippen LogP contribution is 2.27. The summed E-state index contributed by atoms with van der Waals surface area (Å²) in [6.07, 6.45) is 8.30. The summed E-state index contributed by atoms with van der Waals surface area (Å²) in [5, 5.41) is 13.1. The zero-order chi connectivity index (χ0) is 13.1. The van der Waals surface area contributed by atoms with Crippen LogP contribution in [0.25, 0.3) is 0 Å². The van der Waals surface area contributed by atoms with Crippen molar-refractivity contribution in [2.24, 2.45) is 5.92 Å². The normalized spacial score (nSPS) is 27.5. The van der Waals surface area contributed by atoms with Gasteiger partial charge in [-0.1, -0.05) is 43.5 Å². The van der Waals surface area contributed by atoms with Crippen LogP contribution in [0.3, 0.4) is 0 Å². The Morgan fingerprint density at radius 2 is 1.68 bits per heavy atom. The topological polar surface area (TPSA) is 35.8 Å². The average Bonchev–Trinajstić information content (AvgIpc) is 2.70. The molecule has 0 bridgehead atoms. The fourth-order valence-corrected chi connectivity index (χ4v) is 3.64. The number of hydrogen-bond acceptors (Lipinski definition) is 2. The number of nitrogens with one attached hydrogen (secondary N) is 1. The van der Waals surface area contributed by atoms with E-state index in [9.17, 15) is 5.26 Å². The quantitative estimate of drug-likeness (QED) is 0.823. The Labute approximate surface area is 115 Å². The highest BCUT2D eigenvalue weighted by Gasteiger charge is 2.28. The fourth-order valence-electron chi connectivity index (χ4n) is 3.64. The van der Waals surface area contributed by atoms with Crippen molar-refractivity contribution in [1.82, 2.24) is 5.32 Å². The first-order chi connectivity index (χ1) is 9.36. The van der Waals surface area contributed by atoms with Gasteiger partial charge in [-0.15, -0.1) is 0 Å². The van der Waals surface area contributed by atoms with E-state index in [2.05, 4.69) is 35.7 Å². The zero-order valence-electron chi connectivity index (χ0n) is 11.4. The molecule has 0 aromatic heterocycles. The minimum atomic E-state index is 0.214. The van der Waals surface area contributed by atoms with E-state index in [0.29, 0.717) is 12.1 Å². The summed E-state index contributed by atoms with van der Waals surface area (Å²) < 4.78 is 0. The van der Waals surface area contributed by atoms with Gasteiger partial charge in [-0.3, -0.25) is 0 Å². The van der Waals surface area contributed by atoms with Gasteiger partial charge in [-0.2, -0.15) is 5.26 Å². The molecule has 1 N–H and O–H groups in total. The maximum atomic E-state index is 9.34. The summed E-state index contributed by atoms with van der Waals surface area (Å²) in [6, 6.07) is 12.2. The maximum Gasteiger partial charge on any atom is 0.0672 e. The second-order valence-corrected chi connectivity index (χ2v) is 6.02. The number of fused-ring (bicyclic) bond motifs is 1. The molecule has 2 nitrogen and oxygen atoms in total. The van der Waals surface area contributed by atoms with Crippen molar-refractivity contribution in [2.75, 3.05) is 0 Å². The smallest absolute Gasteiger partial charge is 0.0672 e. The van der Waals surface area contributed by atoms with Gasteiger partial charge in [-0.05, 0) is 36.8 Å². The van der Waals surface area contributed by atoms with Crippen molar-refractivity contribution >= 4 is 0 Å². The molecule has 0 aliphatic heterocycles. The summed E-state index contributed by atoms with van der Waals surface area (Å²) in [4.78, 5) is 0. The minimum Gasteiger partial charge on any atom is -0.309 e. The lowest BCUT2D eigenvalue weighted by Crippen LogP contribution is -2.42. The predicted molar refractivity (Wildman–Crippen MR) is 76.7 cm³/mol. The first-order valence-corrected chi connectivity index (χ1v) is 7.59. The molecule has 100 valence electrons. The van der Waals surface area contributed by atoms with E-state index < -0.39 is 0 Å². The molecule has 19 heavy (non-hydrogen) atoms. The lowest BCUT2D eigenvalue weighted by Gasteiger charge is -2.25. The number of benzene rings is 1. The van der Waals surface area contributed by atoms with Crippen molar-refractivity contribution < 1.29 is 0 Å². The standard InChI is InChI=1S/C17H22N2/c18-12-15-8-2-1-3-9-17(15)19-16-10-13-6-4-5-7-14(13)11-16/h4-7,15-17,19H,1-3,8-11H2. The second-order valence-electron chi connectivity index (χ2n) is 6.02. The Morgan fingerprint density at radius 1 is 1.00 bits per heavy atom. The molecule has 0 spiro atoms. The molecule has 0 amide bonds. The summed E-state index contributed by atoms with van der Waals surface area (Å²) in [7, 11) is 0. The third kappa shape index (κ3) is 2.82. The van der Waals surface area contributed by atoms with Gasteiger partial charge >= 0.3 is 0 Å². The van der Waals surface area contributed by atoms with Gasteiger partial charge in [0.2, 0.25) is 0 Å². The van der Waals surface area contributed by atoms with E-state index in [0.717, 1.165) is 19.3 Å². The molecule has 0 saturated heterocycles. The Kier molecular flexibility index (Phi) is 3.84. The summed E-state index contributed by atoms with van der Waals surface area (Å²) in [5.41, 5.74) is 2.98. The lowest BCUT2D eigenvalue weighted by atomic mass is 9.95. The largest absolute Gasteiger partial charge is 0.309 e. The molecule has 1 saturated carbocycles. The third-order valence-electron chi connectivity index (χ3n) is 4.68. The summed E-state index contributed by atoms with van der Waals surface area (Å²) in [5.74, 6) is 0.214. The van der Waals surface area contributed by atoms with Gasteiger partial charge < -0.3 is 5.32 Å². The van der Waals surface area contributed by atoms with E-state index in [1.807, 2.05) is 0 Å². The van der Waals surface area contributed by atoms with Crippen LogP contribution in [-0.2, 0) is 12.8 Å². The van der Waals surface area contributed by atoms with Gasteiger partial charge in [0.1, 0.15) is 0 Å². The van der Waals surface area contributed by atoms with Gasteiger partial charge in [0.05, 0.1) is 12.0 Å². The Morgan fingerprint density at radius 3 is 2.37 bits per heavy atom. The highest BCUT2D eigenvalue weighted by molar-refractivity contribution is 5.33. The van der Waals surface area contributed by atoms with Gasteiger partial charge in [0, 0.05) is 12.1 Å². The summed E-state index contributed by atoms with van der Waals surface area (Å²) >= 11 is 0. The molecular weight excluding hydrogens is 232 g/mol. The molecule has 3 rings (SSSR count). The van der Waals surface area contributed by atoms with Crippen LogP contribution in [0.4, 0.5) is 0 Å². The molecule has 1 fully saturated rings. The van der Waals surface area contributed by atoms with Gasteiger partial charge in [-0.25, -0.2) is 0 Å². The summed E-state index contributed by atoms with van der Waals surface area (Å²) in [6.45, 7) is 0. The highest BCUT2D eigenvalue weighted by atomic mass is 15.0. The first-order valence-electron chi connectivity index (χ1n) is 7.59. The third-order valence-corrected chi connectivity index (χ3v) is 4.68. The molecule has 1 aromatic rings. The Hall–Kier alpha value is -1.33. The van der Waals surface area contributed by atoms with Gasteiger partial charge in [0.25, 0.3) is 0 Å². The van der Waals surface area contributed by atoms with Crippen LogP contribution in [0, 0.1) is 17.2 Å². The number of nitriles is 1. The van der Waals surface area contributed by atoms with Crippen molar-refractivity contribution in [2.45, 2.75) is 57.0 Å². The second kappa shape index (κ2) is 5.75. The monoisotopic (exact) mass is 254 g/mol. The van der Waals surface area contributed by atoms with Crippen LogP contribution in [0.2, 0.25) is 0 Å². The van der Waals surface area contributed by atoms with Crippen LogP contribution in [0.5, 0.6) is 0 Å². The number of rotatable bonds is 2. The molecule has 0 heterocycles. The number of nitrogens with zero attached hydrogens (tertiary/aromatic N) is 1. The first kappa shape index (κ1) is 12.7. The van der Waals surface area contributed by atoms with E-state index >= 15 is 0 Å². The van der Waals surface area contributed by atoms with E-state index in [1.165, 1.54) is 36.8 Å². The maximum absolute atomic E-state index is 9.34. The Bertz CT molecular complexity index is 449. The number of hydrogen-bond donors (Lipinski definition) is 1.